The lowest BCUT2D eigenvalue weighted by atomic mass is 10.0. The highest BCUT2D eigenvalue weighted by atomic mass is 16.5. The van der Waals surface area contributed by atoms with Gasteiger partial charge in [0.1, 0.15) is 5.56 Å². The smallest absolute Gasteiger partial charge is 0.342 e. The van der Waals surface area contributed by atoms with E-state index in [1.54, 1.807) is 73.8 Å². The highest BCUT2D eigenvalue weighted by Gasteiger charge is 2.19. The average Bonchev–Trinajstić information content (AvgIpc) is 3.25. The van der Waals surface area contributed by atoms with Crippen LogP contribution in [0.2, 0.25) is 0 Å². The van der Waals surface area contributed by atoms with Crippen LogP contribution in [0.5, 0.6) is 0 Å². The minimum absolute atomic E-state index is 0.221. The topological polar surface area (TPSA) is 103 Å². The molecule has 4 aromatic rings. The molecule has 0 aliphatic carbocycles. The van der Waals surface area contributed by atoms with E-state index in [1.165, 1.54) is 10.9 Å². The molecule has 164 valence electrons. The van der Waals surface area contributed by atoms with Crippen molar-refractivity contribution in [3.63, 3.8) is 0 Å². The van der Waals surface area contributed by atoms with Gasteiger partial charge in [-0.3, -0.25) is 9.59 Å². The highest BCUT2D eigenvalue weighted by molar-refractivity contribution is 6.14. The van der Waals surface area contributed by atoms with E-state index < -0.39 is 18.5 Å². The van der Waals surface area contributed by atoms with Gasteiger partial charge in [0.25, 0.3) is 5.91 Å². The van der Waals surface area contributed by atoms with Gasteiger partial charge in [-0.25, -0.2) is 14.5 Å². The van der Waals surface area contributed by atoms with E-state index in [0.717, 1.165) is 0 Å². The largest absolute Gasteiger partial charge is 0.452 e. The van der Waals surface area contributed by atoms with Crippen molar-refractivity contribution >= 4 is 23.3 Å². The average molecular weight is 440 g/mol. The first-order valence-electron chi connectivity index (χ1n) is 10.2. The monoisotopic (exact) mass is 440 g/mol. The Labute approximate surface area is 189 Å². The first-order chi connectivity index (χ1) is 16.0. The van der Waals surface area contributed by atoms with Crippen LogP contribution in [0.3, 0.4) is 0 Å². The number of carbonyl (C=O) groups is 3. The van der Waals surface area contributed by atoms with Crippen LogP contribution in [0.1, 0.15) is 32.0 Å². The van der Waals surface area contributed by atoms with Gasteiger partial charge in [-0.15, -0.1) is 0 Å². The maximum absolute atomic E-state index is 12.8. The summed E-state index contributed by atoms with van der Waals surface area (Å²) in [6, 6.07) is 20.8. The molecule has 2 aromatic heterocycles. The van der Waals surface area contributed by atoms with E-state index in [2.05, 4.69) is 15.4 Å². The zero-order chi connectivity index (χ0) is 23.2. The van der Waals surface area contributed by atoms with E-state index in [-0.39, 0.29) is 11.3 Å². The molecule has 0 unspecified atom stereocenters. The Balaban J connectivity index is 1.41. The summed E-state index contributed by atoms with van der Waals surface area (Å²) in [4.78, 5) is 41.9. The normalized spacial score (nSPS) is 10.5. The summed E-state index contributed by atoms with van der Waals surface area (Å²) in [5.74, 6) is -0.905. The number of ketones is 1. The molecule has 0 saturated heterocycles. The second-order valence-electron chi connectivity index (χ2n) is 7.11. The Morgan fingerprint density at radius 2 is 1.64 bits per heavy atom. The van der Waals surface area contributed by atoms with Crippen molar-refractivity contribution < 1.29 is 19.1 Å². The van der Waals surface area contributed by atoms with Gasteiger partial charge >= 0.3 is 5.97 Å². The fourth-order valence-corrected chi connectivity index (χ4v) is 3.25. The zero-order valence-electron chi connectivity index (χ0n) is 17.8. The van der Waals surface area contributed by atoms with Crippen molar-refractivity contribution in [3.05, 3.63) is 108 Å². The third-order valence-electron chi connectivity index (χ3n) is 4.91. The van der Waals surface area contributed by atoms with Crippen LogP contribution in [-0.4, -0.2) is 39.0 Å². The van der Waals surface area contributed by atoms with Crippen molar-refractivity contribution in [1.82, 2.24) is 14.8 Å². The number of rotatable bonds is 7. The van der Waals surface area contributed by atoms with Crippen LogP contribution in [0.4, 0.5) is 5.69 Å². The molecule has 0 spiro atoms. The minimum Gasteiger partial charge on any atom is -0.452 e. The van der Waals surface area contributed by atoms with Gasteiger partial charge in [0.05, 0.1) is 17.6 Å². The van der Waals surface area contributed by atoms with E-state index >= 15 is 0 Å². The zero-order valence-corrected chi connectivity index (χ0v) is 17.8. The van der Waals surface area contributed by atoms with Crippen LogP contribution in [0.25, 0.3) is 5.82 Å². The van der Waals surface area contributed by atoms with Gasteiger partial charge in [0, 0.05) is 17.3 Å². The lowest BCUT2D eigenvalue weighted by Gasteiger charge is -2.11. The Morgan fingerprint density at radius 1 is 0.909 bits per heavy atom. The van der Waals surface area contributed by atoms with E-state index in [9.17, 15) is 14.4 Å². The van der Waals surface area contributed by atoms with Gasteiger partial charge in [0.2, 0.25) is 0 Å². The summed E-state index contributed by atoms with van der Waals surface area (Å²) in [6.45, 7) is 1.20. The Kier molecular flexibility index (Phi) is 6.36. The number of esters is 1. The van der Waals surface area contributed by atoms with Gasteiger partial charge < -0.3 is 10.1 Å². The molecule has 0 saturated carbocycles. The predicted octanol–water partition coefficient (Wildman–Crippen LogP) is 3.60. The molecule has 2 aromatic carbocycles. The third kappa shape index (κ3) is 4.85. The third-order valence-corrected chi connectivity index (χ3v) is 4.91. The standard InChI is InChI=1S/C25H20N4O4/c1-17-20(15-27-29(17)22-13-7-8-14-26-22)25(32)33-16-23(30)28-21-12-6-5-11-19(21)24(31)18-9-3-2-4-10-18/h2-15H,16H2,1H3,(H,28,30). The lowest BCUT2D eigenvalue weighted by molar-refractivity contribution is -0.119. The second kappa shape index (κ2) is 9.69. The number of ether oxygens (including phenoxy) is 1. The predicted molar refractivity (Wildman–Crippen MR) is 121 cm³/mol. The molecule has 1 N–H and O–H groups in total. The van der Waals surface area contributed by atoms with E-state index in [4.69, 9.17) is 4.74 Å². The Morgan fingerprint density at radius 3 is 2.39 bits per heavy atom. The summed E-state index contributed by atoms with van der Waals surface area (Å²) in [5.41, 5.74) is 1.96. The molecule has 2 heterocycles. The number of anilines is 1. The quantitative estimate of drug-likeness (QED) is 0.348. The molecule has 8 nitrogen and oxygen atoms in total. The second-order valence-corrected chi connectivity index (χ2v) is 7.11. The van der Waals surface area contributed by atoms with Crippen molar-refractivity contribution in [1.29, 1.82) is 0 Å². The molecule has 8 heteroatoms. The molecular formula is C25H20N4O4. The van der Waals surface area contributed by atoms with Gasteiger partial charge in [-0.05, 0) is 31.2 Å². The summed E-state index contributed by atoms with van der Waals surface area (Å²) in [5, 5.41) is 6.82. The molecule has 0 aliphatic rings. The Bertz CT molecular complexity index is 1300. The molecule has 0 bridgehead atoms. The fraction of sp³-hybridized carbons (Fsp3) is 0.0800. The number of hydrogen-bond donors (Lipinski definition) is 1. The van der Waals surface area contributed by atoms with Crippen molar-refractivity contribution in [3.8, 4) is 5.82 Å². The number of amides is 1. The number of para-hydroxylation sites is 1. The first kappa shape index (κ1) is 21.6. The number of nitrogens with one attached hydrogen (secondary N) is 1. The molecule has 1 amide bonds. The molecule has 0 aliphatic heterocycles. The van der Waals surface area contributed by atoms with Crippen molar-refractivity contribution in [2.24, 2.45) is 0 Å². The summed E-state index contributed by atoms with van der Waals surface area (Å²) in [6.07, 6.45) is 3.00. The number of aromatic nitrogens is 3. The lowest BCUT2D eigenvalue weighted by Crippen LogP contribution is -2.22. The number of nitrogens with zero attached hydrogens (tertiary/aromatic N) is 3. The SMILES string of the molecule is Cc1c(C(=O)OCC(=O)Nc2ccccc2C(=O)c2ccccc2)cnn1-c1ccccn1. The van der Waals surface area contributed by atoms with Crippen LogP contribution < -0.4 is 5.32 Å². The summed E-state index contributed by atoms with van der Waals surface area (Å²) < 4.78 is 6.68. The molecular weight excluding hydrogens is 420 g/mol. The summed E-state index contributed by atoms with van der Waals surface area (Å²) in [7, 11) is 0. The number of benzene rings is 2. The first-order valence-corrected chi connectivity index (χ1v) is 10.2. The molecule has 0 radical (unpaired) electrons. The maximum Gasteiger partial charge on any atom is 0.342 e. The van der Waals surface area contributed by atoms with Crippen molar-refractivity contribution in [2.45, 2.75) is 6.92 Å². The van der Waals surface area contributed by atoms with Gasteiger partial charge in [0.15, 0.2) is 18.2 Å². The van der Waals surface area contributed by atoms with Crippen LogP contribution in [0.15, 0.2) is 85.2 Å². The molecule has 0 fully saturated rings. The van der Waals surface area contributed by atoms with Gasteiger partial charge in [-0.1, -0.05) is 48.5 Å². The number of hydrogen-bond acceptors (Lipinski definition) is 6. The van der Waals surface area contributed by atoms with Crippen LogP contribution in [-0.2, 0) is 9.53 Å². The van der Waals surface area contributed by atoms with Crippen molar-refractivity contribution in [2.75, 3.05) is 11.9 Å². The van der Waals surface area contributed by atoms with E-state index in [1.807, 2.05) is 12.1 Å². The number of pyridine rings is 1. The molecule has 33 heavy (non-hydrogen) atoms. The minimum atomic E-state index is -0.682. The summed E-state index contributed by atoms with van der Waals surface area (Å²) >= 11 is 0. The van der Waals surface area contributed by atoms with Crippen LogP contribution >= 0.6 is 0 Å². The highest BCUT2D eigenvalue weighted by Crippen LogP contribution is 2.19. The van der Waals surface area contributed by atoms with Gasteiger partial charge in [-0.2, -0.15) is 5.10 Å². The molecule has 4 rings (SSSR count). The van der Waals surface area contributed by atoms with E-state index in [0.29, 0.717) is 28.3 Å². The number of carbonyl (C=O) groups excluding carboxylic acids is 3. The fourth-order valence-electron chi connectivity index (χ4n) is 3.25. The Hall–Kier alpha value is -4.59. The maximum atomic E-state index is 12.8. The molecule has 0 atom stereocenters. The van der Waals surface area contributed by atoms with Crippen LogP contribution in [0, 0.1) is 6.92 Å².